The van der Waals surface area contributed by atoms with Crippen molar-refractivity contribution in [1.82, 2.24) is 9.47 Å². The summed E-state index contributed by atoms with van der Waals surface area (Å²) in [5.74, 6) is -2.90. The molecule has 1 unspecified atom stereocenters. The number of phenols is 1. The highest BCUT2D eigenvalue weighted by Gasteiger charge is 2.34. The maximum absolute atomic E-state index is 15.2. The summed E-state index contributed by atoms with van der Waals surface area (Å²) in [6.07, 6.45) is 3.72. The Morgan fingerprint density at radius 2 is 2.03 bits per heavy atom. The Morgan fingerprint density at radius 3 is 2.62 bits per heavy atom. The van der Waals surface area contributed by atoms with Gasteiger partial charge < -0.3 is 24.6 Å². The van der Waals surface area contributed by atoms with Crippen LogP contribution >= 0.6 is 11.6 Å². The van der Waals surface area contributed by atoms with Crippen LogP contribution < -0.4 is 10.3 Å². The zero-order valence-electron chi connectivity index (χ0n) is 16.3. The molecule has 2 heterocycles. The van der Waals surface area contributed by atoms with E-state index in [4.69, 9.17) is 11.6 Å². The molecule has 1 aliphatic heterocycles. The van der Waals surface area contributed by atoms with Crippen molar-refractivity contribution in [1.29, 1.82) is 0 Å². The normalized spacial score (nSPS) is 19.5. The fourth-order valence-electron chi connectivity index (χ4n) is 4.28. The fraction of sp³-hybridized carbons (Fsp3) is 0.500. The maximum Gasteiger partial charge on any atom is 0.341 e. The molecule has 0 radical (unpaired) electrons. The number of phenolic OH excluding ortho intramolecular Hbond substituents is 1. The van der Waals surface area contributed by atoms with Crippen molar-refractivity contribution in [3.63, 3.8) is 0 Å². The van der Waals surface area contributed by atoms with Crippen molar-refractivity contribution in [3.05, 3.63) is 32.8 Å². The summed E-state index contributed by atoms with van der Waals surface area (Å²) in [5.41, 5.74) is -1.15. The van der Waals surface area contributed by atoms with Gasteiger partial charge in [-0.05, 0) is 39.3 Å². The smallest absolute Gasteiger partial charge is 0.341 e. The first-order valence-electron chi connectivity index (χ1n) is 9.62. The van der Waals surface area contributed by atoms with Crippen LogP contribution in [0.5, 0.6) is 5.75 Å². The highest BCUT2D eigenvalue weighted by molar-refractivity contribution is 6.38. The predicted octanol–water partition coefficient (Wildman–Crippen LogP) is 2.92. The highest BCUT2D eigenvalue weighted by Crippen LogP contribution is 2.46. The van der Waals surface area contributed by atoms with Gasteiger partial charge in [0.1, 0.15) is 5.56 Å². The van der Waals surface area contributed by atoms with Gasteiger partial charge >= 0.3 is 5.97 Å². The fourth-order valence-corrected chi connectivity index (χ4v) is 4.67. The largest absolute Gasteiger partial charge is 0.504 e. The van der Waals surface area contributed by atoms with Crippen molar-refractivity contribution in [2.75, 3.05) is 38.6 Å². The number of benzene rings is 1. The van der Waals surface area contributed by atoms with Gasteiger partial charge in [-0.2, -0.15) is 0 Å². The molecule has 2 aliphatic rings. The number of anilines is 1. The van der Waals surface area contributed by atoms with Crippen molar-refractivity contribution >= 4 is 34.2 Å². The number of fused-ring (bicyclic) bond motifs is 1. The first-order chi connectivity index (χ1) is 13.7. The summed E-state index contributed by atoms with van der Waals surface area (Å²) in [5, 5.41) is 19.6. The van der Waals surface area contributed by atoms with Crippen molar-refractivity contribution in [2.24, 2.45) is 5.92 Å². The Labute approximate surface area is 171 Å². The van der Waals surface area contributed by atoms with Crippen LogP contribution in [0.15, 0.2) is 11.0 Å². The molecular formula is C20H23ClFN3O4. The molecule has 9 heteroatoms. The Kier molecular flexibility index (Phi) is 4.94. The van der Waals surface area contributed by atoms with E-state index in [-0.39, 0.29) is 27.7 Å². The molecule has 0 amide bonds. The summed E-state index contributed by atoms with van der Waals surface area (Å²) >= 11 is 6.62. The van der Waals surface area contributed by atoms with Gasteiger partial charge in [0.15, 0.2) is 11.6 Å². The van der Waals surface area contributed by atoms with Gasteiger partial charge in [0.2, 0.25) is 5.43 Å². The lowest BCUT2D eigenvalue weighted by molar-refractivity contribution is 0.0695. The standard InChI is InChI=1S/C20H23ClFN3O4/c1-23(2)7-10-5-6-24(8-10)17-14(21)16-13(19(27)15(17)22)18(26)12(20(28)29)9-25(16)11-3-4-11/h9-11,27H,3-8H2,1-2H3,(H,28,29). The van der Waals surface area contributed by atoms with Crippen molar-refractivity contribution < 1.29 is 19.4 Å². The minimum absolute atomic E-state index is 0.0218. The second-order valence-electron chi connectivity index (χ2n) is 8.23. The number of aromatic carboxylic acids is 1. The van der Waals surface area contributed by atoms with Gasteiger partial charge in [-0.1, -0.05) is 11.6 Å². The Balaban J connectivity index is 1.93. The van der Waals surface area contributed by atoms with Crippen LogP contribution in [0.3, 0.4) is 0 Å². The van der Waals surface area contributed by atoms with Crippen LogP contribution in [0.2, 0.25) is 5.02 Å². The maximum atomic E-state index is 15.2. The third kappa shape index (κ3) is 3.34. The molecule has 1 saturated carbocycles. The second kappa shape index (κ2) is 7.18. The van der Waals surface area contributed by atoms with E-state index < -0.39 is 28.5 Å². The number of hydrogen-bond donors (Lipinski definition) is 2. The summed E-state index contributed by atoms with van der Waals surface area (Å²) < 4.78 is 16.8. The van der Waals surface area contributed by atoms with E-state index in [1.165, 1.54) is 6.20 Å². The molecule has 2 N–H and O–H groups in total. The lowest BCUT2D eigenvalue weighted by Crippen LogP contribution is -2.27. The number of carbonyl (C=O) groups is 1. The third-order valence-electron chi connectivity index (χ3n) is 5.70. The molecule has 1 atom stereocenters. The molecule has 4 rings (SSSR count). The SMILES string of the molecule is CN(C)CC1CCN(c2c(F)c(O)c3c(=O)c(C(=O)O)cn(C4CC4)c3c2Cl)C1. The molecular weight excluding hydrogens is 401 g/mol. The van der Waals surface area contributed by atoms with Crippen LogP contribution in [0.1, 0.15) is 35.7 Å². The lowest BCUT2D eigenvalue weighted by Gasteiger charge is -2.24. The number of aromatic nitrogens is 1. The highest BCUT2D eigenvalue weighted by atomic mass is 35.5. The van der Waals surface area contributed by atoms with E-state index in [9.17, 15) is 19.8 Å². The number of halogens is 2. The number of rotatable bonds is 5. The van der Waals surface area contributed by atoms with Gasteiger partial charge in [0.05, 0.1) is 21.6 Å². The molecule has 0 bridgehead atoms. The summed E-state index contributed by atoms with van der Waals surface area (Å²) in [6.45, 7) is 2.02. The summed E-state index contributed by atoms with van der Waals surface area (Å²) in [7, 11) is 3.96. The van der Waals surface area contributed by atoms with Gasteiger partial charge in [-0.3, -0.25) is 4.79 Å². The molecule has 2 aromatic rings. The molecule has 2 fully saturated rings. The van der Waals surface area contributed by atoms with Crippen molar-refractivity contribution in [2.45, 2.75) is 25.3 Å². The minimum atomic E-state index is -1.42. The van der Waals surface area contributed by atoms with E-state index in [0.29, 0.717) is 19.0 Å². The topological polar surface area (TPSA) is 86.0 Å². The molecule has 1 aromatic heterocycles. The summed E-state index contributed by atoms with van der Waals surface area (Å²) in [4.78, 5) is 28.1. The first kappa shape index (κ1) is 20.0. The molecule has 156 valence electrons. The number of carboxylic acid groups (broad SMARTS) is 1. The third-order valence-corrected chi connectivity index (χ3v) is 6.06. The van der Waals surface area contributed by atoms with E-state index in [1.807, 2.05) is 14.1 Å². The van der Waals surface area contributed by atoms with E-state index in [0.717, 1.165) is 25.8 Å². The predicted molar refractivity (Wildman–Crippen MR) is 109 cm³/mol. The monoisotopic (exact) mass is 423 g/mol. The Morgan fingerprint density at radius 1 is 1.34 bits per heavy atom. The number of nitrogens with zero attached hydrogens (tertiary/aromatic N) is 3. The molecule has 1 aliphatic carbocycles. The van der Waals surface area contributed by atoms with E-state index in [1.54, 1.807) is 9.47 Å². The Hall–Kier alpha value is -2.32. The van der Waals surface area contributed by atoms with Crippen molar-refractivity contribution in [3.8, 4) is 5.75 Å². The van der Waals surface area contributed by atoms with Crippen LogP contribution in [-0.2, 0) is 0 Å². The zero-order valence-corrected chi connectivity index (χ0v) is 17.0. The number of carboxylic acids is 1. The quantitative estimate of drug-likeness (QED) is 0.769. The number of hydrogen-bond acceptors (Lipinski definition) is 5. The molecule has 1 aromatic carbocycles. The van der Waals surface area contributed by atoms with Crippen LogP contribution in [0.4, 0.5) is 10.1 Å². The average Bonchev–Trinajstić information content (AvgIpc) is 3.39. The number of aromatic hydroxyl groups is 1. The van der Waals surface area contributed by atoms with Gasteiger partial charge in [-0.15, -0.1) is 0 Å². The second-order valence-corrected chi connectivity index (χ2v) is 8.61. The first-order valence-corrected chi connectivity index (χ1v) is 10.00. The van der Waals surface area contributed by atoms with Gasteiger partial charge in [0.25, 0.3) is 0 Å². The molecule has 29 heavy (non-hydrogen) atoms. The average molecular weight is 424 g/mol. The minimum Gasteiger partial charge on any atom is -0.504 e. The van der Waals surface area contributed by atoms with Crippen LogP contribution in [0, 0.1) is 11.7 Å². The van der Waals surface area contributed by atoms with E-state index in [2.05, 4.69) is 4.90 Å². The van der Waals surface area contributed by atoms with Crippen LogP contribution in [0.25, 0.3) is 10.9 Å². The van der Waals surface area contributed by atoms with Gasteiger partial charge in [-0.25, -0.2) is 9.18 Å². The van der Waals surface area contributed by atoms with E-state index >= 15 is 4.39 Å². The van der Waals surface area contributed by atoms with Crippen LogP contribution in [-0.4, -0.2) is 59.4 Å². The molecule has 1 saturated heterocycles. The molecule has 7 nitrogen and oxygen atoms in total. The zero-order chi connectivity index (χ0) is 21.0. The van der Waals surface area contributed by atoms with Gasteiger partial charge in [0, 0.05) is 31.9 Å². The summed E-state index contributed by atoms with van der Waals surface area (Å²) in [6, 6.07) is -0.0218. The Bertz CT molecular complexity index is 1060. The number of pyridine rings is 1. The molecule has 0 spiro atoms. The lowest BCUT2D eigenvalue weighted by atomic mass is 10.1.